The maximum Gasteiger partial charge on any atom is 0.153 e. The van der Waals surface area contributed by atoms with E-state index in [0.29, 0.717) is 17.7 Å². The standard InChI is InChI=1S/C15H18ClN3/c1-9-3-2-4-12(9)14-13(15(17)19-18-14)10-5-7-11(16)8-6-10/h5-9,12H,2-4H2,1H3,(H3,17,18,19). The van der Waals surface area contributed by atoms with E-state index in [2.05, 4.69) is 17.1 Å². The molecule has 1 aliphatic carbocycles. The molecule has 1 aromatic heterocycles. The van der Waals surface area contributed by atoms with Gasteiger partial charge in [0.15, 0.2) is 5.82 Å². The van der Waals surface area contributed by atoms with E-state index >= 15 is 0 Å². The van der Waals surface area contributed by atoms with Crippen LogP contribution in [0.15, 0.2) is 24.3 Å². The Bertz CT molecular complexity index is 574. The lowest BCUT2D eigenvalue weighted by atomic mass is 9.90. The normalized spacial score (nSPS) is 22.8. The molecule has 0 amide bonds. The molecule has 0 radical (unpaired) electrons. The SMILES string of the molecule is CC1CCCC1c1[nH]nc(N)c1-c1ccc(Cl)cc1. The number of nitrogens with one attached hydrogen (secondary N) is 1. The highest BCUT2D eigenvalue weighted by Gasteiger charge is 2.29. The fraction of sp³-hybridized carbons (Fsp3) is 0.400. The largest absolute Gasteiger partial charge is 0.382 e. The molecule has 0 bridgehead atoms. The van der Waals surface area contributed by atoms with E-state index in [1.54, 1.807) is 0 Å². The first-order chi connectivity index (χ1) is 9.16. The van der Waals surface area contributed by atoms with Gasteiger partial charge >= 0.3 is 0 Å². The molecule has 1 aliphatic rings. The van der Waals surface area contributed by atoms with Crippen LogP contribution in [-0.2, 0) is 0 Å². The predicted octanol–water partition coefficient (Wildman–Crippen LogP) is 4.22. The highest BCUT2D eigenvalue weighted by atomic mass is 35.5. The molecule has 2 unspecified atom stereocenters. The van der Waals surface area contributed by atoms with Crippen molar-refractivity contribution in [3.63, 3.8) is 0 Å². The highest BCUT2D eigenvalue weighted by molar-refractivity contribution is 6.30. The Morgan fingerprint density at radius 1 is 1.26 bits per heavy atom. The Morgan fingerprint density at radius 3 is 2.63 bits per heavy atom. The summed E-state index contributed by atoms with van der Waals surface area (Å²) >= 11 is 5.95. The predicted molar refractivity (Wildman–Crippen MR) is 79.2 cm³/mol. The molecular formula is C15H18ClN3. The van der Waals surface area contributed by atoms with E-state index in [4.69, 9.17) is 17.3 Å². The number of nitrogen functional groups attached to an aromatic ring is 1. The first-order valence-corrected chi connectivity index (χ1v) is 7.14. The number of H-pyrrole nitrogens is 1. The Kier molecular flexibility index (Phi) is 3.23. The summed E-state index contributed by atoms with van der Waals surface area (Å²) < 4.78 is 0. The van der Waals surface area contributed by atoms with Crippen LogP contribution in [0.3, 0.4) is 0 Å². The zero-order valence-corrected chi connectivity index (χ0v) is 11.7. The van der Waals surface area contributed by atoms with Gasteiger partial charge < -0.3 is 5.73 Å². The third kappa shape index (κ3) is 2.23. The number of rotatable bonds is 2. The van der Waals surface area contributed by atoms with E-state index in [9.17, 15) is 0 Å². The number of hydrogen-bond donors (Lipinski definition) is 2. The molecule has 4 heteroatoms. The van der Waals surface area contributed by atoms with Gasteiger partial charge in [-0.3, -0.25) is 5.10 Å². The molecule has 0 saturated heterocycles. The molecule has 19 heavy (non-hydrogen) atoms. The van der Waals surface area contributed by atoms with Crippen molar-refractivity contribution < 1.29 is 0 Å². The van der Waals surface area contributed by atoms with Crippen molar-refractivity contribution in [1.29, 1.82) is 0 Å². The quantitative estimate of drug-likeness (QED) is 0.862. The lowest BCUT2D eigenvalue weighted by molar-refractivity contribution is 0.522. The molecule has 0 spiro atoms. The molecule has 3 rings (SSSR count). The van der Waals surface area contributed by atoms with E-state index in [1.807, 2.05) is 24.3 Å². The number of nitrogens with two attached hydrogens (primary N) is 1. The molecule has 1 fully saturated rings. The minimum atomic E-state index is 0.537. The van der Waals surface area contributed by atoms with Crippen molar-refractivity contribution in [3.05, 3.63) is 35.0 Å². The number of nitrogens with zero attached hydrogens (tertiary/aromatic N) is 1. The Morgan fingerprint density at radius 2 is 2.00 bits per heavy atom. The van der Waals surface area contributed by atoms with Crippen LogP contribution in [-0.4, -0.2) is 10.2 Å². The number of anilines is 1. The van der Waals surface area contributed by atoms with Crippen molar-refractivity contribution in [1.82, 2.24) is 10.2 Å². The maximum absolute atomic E-state index is 6.05. The van der Waals surface area contributed by atoms with Crippen LogP contribution in [0, 0.1) is 5.92 Å². The summed E-state index contributed by atoms with van der Waals surface area (Å²) in [7, 11) is 0. The second-order valence-electron chi connectivity index (χ2n) is 5.42. The molecule has 1 saturated carbocycles. The third-order valence-corrected chi connectivity index (χ3v) is 4.44. The molecule has 3 N–H and O–H groups in total. The van der Waals surface area contributed by atoms with Crippen LogP contribution >= 0.6 is 11.6 Å². The van der Waals surface area contributed by atoms with Crippen LogP contribution in [0.25, 0.3) is 11.1 Å². The highest BCUT2D eigenvalue weighted by Crippen LogP contribution is 2.43. The number of aromatic amines is 1. The van der Waals surface area contributed by atoms with Crippen LogP contribution < -0.4 is 5.73 Å². The summed E-state index contributed by atoms with van der Waals surface area (Å²) in [6.45, 7) is 2.31. The summed E-state index contributed by atoms with van der Waals surface area (Å²) in [5.41, 5.74) is 9.37. The summed E-state index contributed by atoms with van der Waals surface area (Å²) in [4.78, 5) is 0. The van der Waals surface area contributed by atoms with Gasteiger partial charge in [0.25, 0.3) is 0 Å². The van der Waals surface area contributed by atoms with Gasteiger partial charge in [0.1, 0.15) is 0 Å². The summed E-state index contributed by atoms with van der Waals surface area (Å²) in [6, 6.07) is 7.80. The smallest absolute Gasteiger partial charge is 0.153 e. The molecular weight excluding hydrogens is 258 g/mol. The number of benzene rings is 1. The van der Waals surface area contributed by atoms with E-state index in [1.165, 1.54) is 25.0 Å². The van der Waals surface area contributed by atoms with Gasteiger partial charge in [-0.25, -0.2) is 0 Å². The van der Waals surface area contributed by atoms with Gasteiger partial charge in [0.2, 0.25) is 0 Å². The van der Waals surface area contributed by atoms with Gasteiger partial charge in [-0.15, -0.1) is 0 Å². The second-order valence-corrected chi connectivity index (χ2v) is 5.86. The second kappa shape index (κ2) is 4.89. The Hall–Kier alpha value is -1.48. The van der Waals surface area contributed by atoms with Crippen LogP contribution in [0.5, 0.6) is 0 Å². The maximum atomic E-state index is 6.05. The minimum absolute atomic E-state index is 0.537. The number of halogens is 1. The molecule has 2 atom stereocenters. The molecule has 2 aromatic rings. The molecule has 1 heterocycles. The van der Waals surface area contributed by atoms with E-state index < -0.39 is 0 Å². The van der Waals surface area contributed by atoms with Crippen molar-refractivity contribution >= 4 is 17.4 Å². The van der Waals surface area contributed by atoms with Crippen molar-refractivity contribution in [3.8, 4) is 11.1 Å². The zero-order chi connectivity index (χ0) is 13.4. The average molecular weight is 276 g/mol. The average Bonchev–Trinajstić information content (AvgIpc) is 2.97. The fourth-order valence-electron chi connectivity index (χ4n) is 3.13. The number of aromatic nitrogens is 2. The van der Waals surface area contributed by atoms with Crippen LogP contribution in [0.2, 0.25) is 5.02 Å². The summed E-state index contributed by atoms with van der Waals surface area (Å²) in [5, 5.41) is 8.10. The monoisotopic (exact) mass is 275 g/mol. The lowest BCUT2D eigenvalue weighted by Gasteiger charge is -2.15. The number of hydrogen-bond acceptors (Lipinski definition) is 2. The van der Waals surface area contributed by atoms with Crippen LogP contribution in [0.4, 0.5) is 5.82 Å². The molecule has 3 nitrogen and oxygen atoms in total. The fourth-order valence-corrected chi connectivity index (χ4v) is 3.26. The van der Waals surface area contributed by atoms with Crippen molar-refractivity contribution in [2.75, 3.05) is 5.73 Å². The molecule has 100 valence electrons. The van der Waals surface area contributed by atoms with Crippen molar-refractivity contribution in [2.45, 2.75) is 32.1 Å². The van der Waals surface area contributed by atoms with Crippen molar-refractivity contribution in [2.24, 2.45) is 5.92 Å². The first kappa shape index (κ1) is 12.5. The van der Waals surface area contributed by atoms with Gasteiger partial charge in [-0.1, -0.05) is 43.5 Å². The Balaban J connectivity index is 2.05. The van der Waals surface area contributed by atoms with Crippen LogP contribution in [0.1, 0.15) is 37.8 Å². The van der Waals surface area contributed by atoms with Gasteiger partial charge in [0.05, 0.1) is 0 Å². The van der Waals surface area contributed by atoms with Gasteiger partial charge in [-0.2, -0.15) is 5.10 Å². The summed E-state index contributed by atoms with van der Waals surface area (Å²) in [5.74, 6) is 1.80. The zero-order valence-electron chi connectivity index (χ0n) is 11.0. The van der Waals surface area contributed by atoms with Gasteiger partial charge in [-0.05, 0) is 30.0 Å². The topological polar surface area (TPSA) is 54.7 Å². The van der Waals surface area contributed by atoms with Gasteiger partial charge in [0, 0.05) is 22.2 Å². The Labute approximate surface area is 118 Å². The summed E-state index contributed by atoms with van der Waals surface area (Å²) in [6.07, 6.45) is 3.78. The third-order valence-electron chi connectivity index (χ3n) is 4.19. The molecule has 1 aromatic carbocycles. The lowest BCUT2D eigenvalue weighted by Crippen LogP contribution is -2.04. The van der Waals surface area contributed by atoms with E-state index in [-0.39, 0.29) is 0 Å². The minimum Gasteiger partial charge on any atom is -0.382 e. The van der Waals surface area contributed by atoms with E-state index in [0.717, 1.165) is 16.1 Å². The first-order valence-electron chi connectivity index (χ1n) is 6.76. The molecule has 0 aliphatic heterocycles.